The Kier molecular flexibility index (Phi) is 4.05. The van der Waals surface area contributed by atoms with Crippen molar-refractivity contribution in [3.05, 3.63) is 63.7 Å². The van der Waals surface area contributed by atoms with Crippen LogP contribution in [0.15, 0.2) is 30.3 Å². The van der Waals surface area contributed by atoms with E-state index in [0.29, 0.717) is 10.6 Å². The molecule has 0 atom stereocenters. The van der Waals surface area contributed by atoms with Gasteiger partial charge in [-0.05, 0) is 42.7 Å². The number of halogens is 3. The van der Waals surface area contributed by atoms with E-state index in [1.54, 1.807) is 6.92 Å². The molecule has 0 saturated carbocycles. The summed E-state index contributed by atoms with van der Waals surface area (Å²) in [4.78, 5) is 0. The van der Waals surface area contributed by atoms with Crippen molar-refractivity contribution < 1.29 is 8.78 Å². The Hall–Kier alpha value is -1.61. The number of benzene rings is 2. The van der Waals surface area contributed by atoms with Gasteiger partial charge in [-0.1, -0.05) is 29.8 Å². The minimum absolute atomic E-state index is 0.114. The molecule has 1 N–H and O–H groups in total. The monoisotopic (exact) mass is 281 g/mol. The number of anilines is 1. The van der Waals surface area contributed by atoms with Gasteiger partial charge in [0.15, 0.2) is 5.82 Å². The first-order valence-electron chi connectivity index (χ1n) is 5.92. The highest BCUT2D eigenvalue weighted by Gasteiger charge is 2.11. The summed E-state index contributed by atoms with van der Waals surface area (Å²) < 4.78 is 27.4. The van der Waals surface area contributed by atoms with Gasteiger partial charge >= 0.3 is 0 Å². The van der Waals surface area contributed by atoms with Gasteiger partial charge in [0.2, 0.25) is 0 Å². The standard InChI is InChI=1S/C15H14ClF2N/c1-9-3-5-11(12(16)7-9)8-19-15-13(17)6-4-10(2)14(15)18/h3-7,19H,8H2,1-2H3. The molecule has 0 aliphatic carbocycles. The molecule has 0 fully saturated rings. The summed E-state index contributed by atoms with van der Waals surface area (Å²) in [6.07, 6.45) is 0. The quantitative estimate of drug-likeness (QED) is 0.848. The summed E-state index contributed by atoms with van der Waals surface area (Å²) in [6.45, 7) is 3.80. The molecule has 0 spiro atoms. The summed E-state index contributed by atoms with van der Waals surface area (Å²) in [7, 11) is 0. The van der Waals surface area contributed by atoms with Gasteiger partial charge in [-0.25, -0.2) is 8.78 Å². The number of nitrogens with one attached hydrogen (secondary N) is 1. The van der Waals surface area contributed by atoms with Gasteiger partial charge in [-0.15, -0.1) is 0 Å². The average Bonchev–Trinajstić information content (AvgIpc) is 2.36. The molecule has 0 amide bonds. The Morgan fingerprint density at radius 3 is 2.53 bits per heavy atom. The summed E-state index contributed by atoms with van der Waals surface area (Å²) in [5, 5.41) is 3.35. The second kappa shape index (κ2) is 5.57. The van der Waals surface area contributed by atoms with E-state index in [2.05, 4.69) is 5.32 Å². The van der Waals surface area contributed by atoms with E-state index in [1.165, 1.54) is 12.1 Å². The molecular formula is C15H14ClF2N. The molecule has 0 bridgehead atoms. The van der Waals surface area contributed by atoms with Crippen molar-refractivity contribution in [3.8, 4) is 0 Å². The number of hydrogen-bond acceptors (Lipinski definition) is 1. The molecular weight excluding hydrogens is 268 g/mol. The molecule has 4 heteroatoms. The fourth-order valence-electron chi connectivity index (χ4n) is 1.80. The number of rotatable bonds is 3. The van der Waals surface area contributed by atoms with Crippen molar-refractivity contribution in [2.75, 3.05) is 5.32 Å². The van der Waals surface area contributed by atoms with E-state index in [-0.39, 0.29) is 12.2 Å². The molecule has 0 unspecified atom stereocenters. The van der Waals surface area contributed by atoms with E-state index in [1.807, 2.05) is 25.1 Å². The number of aryl methyl sites for hydroxylation is 2. The molecule has 2 aromatic carbocycles. The molecule has 19 heavy (non-hydrogen) atoms. The zero-order valence-corrected chi connectivity index (χ0v) is 11.5. The predicted octanol–water partition coefficient (Wildman–Crippen LogP) is 4.85. The highest BCUT2D eigenvalue weighted by molar-refractivity contribution is 6.31. The van der Waals surface area contributed by atoms with Crippen LogP contribution in [0.2, 0.25) is 5.02 Å². The molecule has 2 rings (SSSR count). The van der Waals surface area contributed by atoms with Crippen LogP contribution in [0.3, 0.4) is 0 Å². The third-order valence-electron chi connectivity index (χ3n) is 2.95. The first-order valence-corrected chi connectivity index (χ1v) is 6.30. The topological polar surface area (TPSA) is 12.0 Å². The Morgan fingerprint density at radius 1 is 1.11 bits per heavy atom. The summed E-state index contributed by atoms with van der Waals surface area (Å²) >= 11 is 6.08. The van der Waals surface area contributed by atoms with Crippen molar-refractivity contribution in [3.63, 3.8) is 0 Å². The van der Waals surface area contributed by atoms with Gasteiger partial charge < -0.3 is 5.32 Å². The van der Waals surface area contributed by atoms with E-state index < -0.39 is 11.6 Å². The highest BCUT2D eigenvalue weighted by atomic mass is 35.5. The molecule has 0 radical (unpaired) electrons. The molecule has 0 aliphatic rings. The Balaban J connectivity index is 2.21. The lowest BCUT2D eigenvalue weighted by Crippen LogP contribution is -2.05. The fraction of sp³-hybridized carbons (Fsp3) is 0.200. The van der Waals surface area contributed by atoms with Crippen molar-refractivity contribution in [1.29, 1.82) is 0 Å². The maximum Gasteiger partial charge on any atom is 0.152 e. The maximum absolute atomic E-state index is 13.8. The first kappa shape index (κ1) is 13.8. The Morgan fingerprint density at radius 2 is 1.84 bits per heavy atom. The van der Waals surface area contributed by atoms with Crippen LogP contribution in [0.5, 0.6) is 0 Å². The van der Waals surface area contributed by atoms with Crippen LogP contribution in [-0.2, 0) is 6.54 Å². The normalized spacial score (nSPS) is 10.6. The van der Waals surface area contributed by atoms with Crippen molar-refractivity contribution in [2.24, 2.45) is 0 Å². The SMILES string of the molecule is Cc1ccc(CNc2c(F)ccc(C)c2F)c(Cl)c1. The molecule has 0 aliphatic heterocycles. The van der Waals surface area contributed by atoms with Gasteiger partial charge in [0.25, 0.3) is 0 Å². The Labute approximate surface area is 116 Å². The van der Waals surface area contributed by atoms with E-state index >= 15 is 0 Å². The maximum atomic E-state index is 13.8. The van der Waals surface area contributed by atoms with Crippen LogP contribution in [0, 0.1) is 25.5 Å². The van der Waals surface area contributed by atoms with Crippen LogP contribution in [0.1, 0.15) is 16.7 Å². The fourth-order valence-corrected chi connectivity index (χ4v) is 2.10. The summed E-state index contributed by atoms with van der Waals surface area (Å²) in [5.41, 5.74) is 2.13. The second-order valence-electron chi connectivity index (χ2n) is 4.50. The lowest BCUT2D eigenvalue weighted by Gasteiger charge is -2.11. The molecule has 1 nitrogen and oxygen atoms in total. The molecule has 2 aromatic rings. The Bertz CT molecular complexity index is 611. The smallest absolute Gasteiger partial charge is 0.152 e. The zero-order valence-electron chi connectivity index (χ0n) is 10.7. The van der Waals surface area contributed by atoms with Gasteiger partial charge in [0.05, 0.1) is 0 Å². The molecule has 0 saturated heterocycles. The number of hydrogen-bond donors (Lipinski definition) is 1. The highest BCUT2D eigenvalue weighted by Crippen LogP contribution is 2.24. The molecule has 0 aromatic heterocycles. The average molecular weight is 282 g/mol. The summed E-state index contributed by atoms with van der Waals surface area (Å²) in [5.74, 6) is -1.17. The van der Waals surface area contributed by atoms with E-state index in [9.17, 15) is 8.78 Å². The van der Waals surface area contributed by atoms with Crippen molar-refractivity contribution in [1.82, 2.24) is 0 Å². The van der Waals surface area contributed by atoms with E-state index in [0.717, 1.165) is 11.1 Å². The van der Waals surface area contributed by atoms with Crippen molar-refractivity contribution in [2.45, 2.75) is 20.4 Å². The lowest BCUT2D eigenvalue weighted by molar-refractivity contribution is 0.582. The third-order valence-corrected chi connectivity index (χ3v) is 3.30. The van der Waals surface area contributed by atoms with Gasteiger partial charge in [-0.2, -0.15) is 0 Å². The minimum Gasteiger partial charge on any atom is -0.376 e. The zero-order chi connectivity index (χ0) is 14.0. The summed E-state index contributed by atoms with van der Waals surface area (Å²) in [6, 6.07) is 8.23. The van der Waals surface area contributed by atoms with Gasteiger partial charge in [0.1, 0.15) is 11.5 Å². The predicted molar refractivity (Wildman–Crippen MR) is 74.6 cm³/mol. The molecule has 100 valence electrons. The van der Waals surface area contributed by atoms with Crippen LogP contribution in [0.4, 0.5) is 14.5 Å². The third kappa shape index (κ3) is 3.04. The first-order chi connectivity index (χ1) is 8.99. The second-order valence-corrected chi connectivity index (χ2v) is 4.91. The van der Waals surface area contributed by atoms with Crippen LogP contribution >= 0.6 is 11.6 Å². The van der Waals surface area contributed by atoms with Crippen LogP contribution in [0.25, 0.3) is 0 Å². The molecule has 0 heterocycles. The van der Waals surface area contributed by atoms with Gasteiger partial charge in [0, 0.05) is 11.6 Å². The largest absolute Gasteiger partial charge is 0.376 e. The van der Waals surface area contributed by atoms with Crippen LogP contribution < -0.4 is 5.32 Å². The van der Waals surface area contributed by atoms with Crippen molar-refractivity contribution >= 4 is 17.3 Å². The minimum atomic E-state index is -0.605. The van der Waals surface area contributed by atoms with Gasteiger partial charge in [-0.3, -0.25) is 0 Å². The van der Waals surface area contributed by atoms with E-state index in [4.69, 9.17) is 11.6 Å². The van der Waals surface area contributed by atoms with Crippen LogP contribution in [-0.4, -0.2) is 0 Å². The lowest BCUT2D eigenvalue weighted by atomic mass is 10.1.